The van der Waals surface area contributed by atoms with Crippen LogP contribution in [0.25, 0.3) is 0 Å². The van der Waals surface area contributed by atoms with E-state index in [-0.39, 0.29) is 16.5 Å². The molecule has 0 amide bonds. The number of hydrogen-bond acceptors (Lipinski definition) is 5. The number of phenols is 1. The number of phenolic OH excluding ortho intramolecular Hbond substituents is 1. The van der Waals surface area contributed by atoms with Crippen molar-refractivity contribution >= 4 is 27.3 Å². The molecule has 0 aromatic heterocycles. The summed E-state index contributed by atoms with van der Waals surface area (Å²) in [5, 5.41) is 25.3. The van der Waals surface area contributed by atoms with E-state index in [1.165, 1.54) is 6.07 Å². The van der Waals surface area contributed by atoms with Gasteiger partial charge in [-0.05, 0) is 24.8 Å². The van der Waals surface area contributed by atoms with Gasteiger partial charge in [0.2, 0.25) is 15.8 Å². The third-order valence-corrected chi connectivity index (χ3v) is 4.09. The number of primary sulfonamides is 1. The summed E-state index contributed by atoms with van der Waals surface area (Å²) in [6, 6.07) is 1.19. The molecule has 1 saturated carbocycles. The molecule has 9 heteroatoms. The third-order valence-electron chi connectivity index (χ3n) is 2.70. The van der Waals surface area contributed by atoms with Gasteiger partial charge in [0.15, 0.2) is 0 Å². The minimum Gasteiger partial charge on any atom is -0.501 e. The van der Waals surface area contributed by atoms with Gasteiger partial charge in [-0.2, -0.15) is 0 Å². The van der Waals surface area contributed by atoms with Crippen molar-refractivity contribution in [1.82, 2.24) is 0 Å². The molecule has 1 aromatic carbocycles. The standard InChI is InChI=1S/C9H9ClN2O5S/c10-6-3-5(4-1-2-4)7(12(14)15)8(13)9(6)18(11,16)17/h3-4,13H,1-2H2,(H2,11,16,17). The van der Waals surface area contributed by atoms with Crippen LogP contribution in [0, 0.1) is 10.1 Å². The second-order valence-electron chi connectivity index (χ2n) is 4.05. The van der Waals surface area contributed by atoms with Gasteiger partial charge in [0.1, 0.15) is 4.90 Å². The summed E-state index contributed by atoms with van der Waals surface area (Å²) in [4.78, 5) is 9.30. The number of nitrogens with two attached hydrogens (primary N) is 1. The number of nitro groups is 1. The quantitative estimate of drug-likeness (QED) is 0.645. The van der Waals surface area contributed by atoms with E-state index in [0.29, 0.717) is 0 Å². The molecular weight excluding hydrogens is 284 g/mol. The second kappa shape index (κ2) is 4.08. The maximum atomic E-state index is 11.3. The average Bonchev–Trinajstić information content (AvgIpc) is 2.95. The van der Waals surface area contributed by atoms with E-state index in [1.807, 2.05) is 0 Å². The Balaban J connectivity index is 2.80. The van der Waals surface area contributed by atoms with Crippen LogP contribution in [0.3, 0.4) is 0 Å². The highest BCUT2D eigenvalue weighted by molar-refractivity contribution is 7.89. The first-order valence-corrected chi connectivity index (χ1v) is 6.88. The third kappa shape index (κ3) is 2.14. The van der Waals surface area contributed by atoms with Gasteiger partial charge in [-0.25, -0.2) is 13.6 Å². The number of halogens is 1. The number of hydrogen-bond donors (Lipinski definition) is 2. The molecule has 0 radical (unpaired) electrons. The van der Waals surface area contributed by atoms with Crippen LogP contribution in [-0.2, 0) is 10.0 Å². The predicted octanol–water partition coefficient (Wildman–Crippen LogP) is 1.48. The molecule has 2 rings (SSSR count). The van der Waals surface area contributed by atoms with E-state index < -0.39 is 31.3 Å². The smallest absolute Gasteiger partial charge is 0.315 e. The summed E-state index contributed by atoms with van der Waals surface area (Å²) in [6.07, 6.45) is 1.48. The monoisotopic (exact) mass is 292 g/mol. The van der Waals surface area contributed by atoms with Gasteiger partial charge < -0.3 is 5.11 Å². The van der Waals surface area contributed by atoms with E-state index in [1.54, 1.807) is 0 Å². The molecule has 0 spiro atoms. The maximum absolute atomic E-state index is 11.3. The molecule has 0 atom stereocenters. The van der Waals surface area contributed by atoms with Gasteiger partial charge in [-0.15, -0.1) is 0 Å². The van der Waals surface area contributed by atoms with Gasteiger partial charge in [0.05, 0.1) is 9.95 Å². The Morgan fingerprint density at radius 2 is 2.06 bits per heavy atom. The molecule has 1 aromatic rings. The Morgan fingerprint density at radius 1 is 1.50 bits per heavy atom. The van der Waals surface area contributed by atoms with Gasteiger partial charge in [-0.1, -0.05) is 11.6 Å². The Bertz CT molecular complexity index is 639. The highest BCUT2D eigenvalue weighted by atomic mass is 35.5. The predicted molar refractivity (Wildman–Crippen MR) is 63.1 cm³/mol. The van der Waals surface area contributed by atoms with Crippen molar-refractivity contribution in [3.8, 4) is 5.75 Å². The minimum atomic E-state index is -4.33. The number of benzene rings is 1. The van der Waals surface area contributed by atoms with Gasteiger partial charge in [0.25, 0.3) is 0 Å². The van der Waals surface area contributed by atoms with Gasteiger partial charge in [0, 0.05) is 5.56 Å². The Morgan fingerprint density at radius 3 is 2.44 bits per heavy atom. The summed E-state index contributed by atoms with van der Waals surface area (Å²) < 4.78 is 22.5. The number of nitro benzene ring substituents is 1. The lowest BCUT2D eigenvalue weighted by Gasteiger charge is -2.09. The van der Waals surface area contributed by atoms with Crippen LogP contribution < -0.4 is 5.14 Å². The van der Waals surface area contributed by atoms with Gasteiger partial charge >= 0.3 is 5.69 Å². The Kier molecular flexibility index (Phi) is 2.96. The Labute approximate surface area is 107 Å². The van der Waals surface area contributed by atoms with E-state index in [2.05, 4.69) is 0 Å². The molecule has 1 fully saturated rings. The largest absolute Gasteiger partial charge is 0.501 e. The van der Waals surface area contributed by atoms with Crippen LogP contribution in [0.1, 0.15) is 24.3 Å². The lowest BCUT2D eigenvalue weighted by atomic mass is 10.1. The number of sulfonamides is 1. The lowest BCUT2D eigenvalue weighted by molar-refractivity contribution is -0.386. The maximum Gasteiger partial charge on any atom is 0.315 e. The summed E-state index contributed by atoms with van der Waals surface area (Å²) >= 11 is 5.73. The van der Waals surface area contributed by atoms with E-state index in [0.717, 1.165) is 12.8 Å². The molecule has 1 aliphatic carbocycles. The lowest BCUT2D eigenvalue weighted by Crippen LogP contribution is -2.14. The zero-order valence-corrected chi connectivity index (χ0v) is 10.5. The van der Waals surface area contributed by atoms with Crippen LogP contribution in [0.2, 0.25) is 5.02 Å². The first-order chi connectivity index (χ1) is 8.23. The highest BCUT2D eigenvalue weighted by Crippen LogP contribution is 2.50. The van der Waals surface area contributed by atoms with E-state index in [4.69, 9.17) is 16.7 Å². The van der Waals surface area contributed by atoms with Crippen LogP contribution in [0.4, 0.5) is 5.69 Å². The summed E-state index contributed by atoms with van der Waals surface area (Å²) in [5.41, 5.74) is -0.388. The molecule has 1 aliphatic rings. The summed E-state index contributed by atoms with van der Waals surface area (Å²) in [6.45, 7) is 0. The molecular formula is C9H9ClN2O5S. The fourth-order valence-corrected chi connectivity index (χ4v) is 3.02. The number of nitrogens with zero attached hydrogens (tertiary/aromatic N) is 1. The number of rotatable bonds is 3. The highest BCUT2D eigenvalue weighted by Gasteiger charge is 2.37. The van der Waals surface area contributed by atoms with Crippen LogP contribution in [0.15, 0.2) is 11.0 Å². The molecule has 0 saturated heterocycles. The van der Waals surface area contributed by atoms with Crippen molar-refractivity contribution in [2.75, 3.05) is 0 Å². The van der Waals surface area contributed by atoms with E-state index >= 15 is 0 Å². The van der Waals surface area contributed by atoms with Crippen LogP contribution >= 0.6 is 11.6 Å². The second-order valence-corrected chi connectivity index (χ2v) is 5.96. The normalized spacial score (nSPS) is 15.7. The van der Waals surface area contributed by atoms with Gasteiger partial charge in [-0.3, -0.25) is 10.1 Å². The van der Waals surface area contributed by atoms with Crippen molar-refractivity contribution in [3.63, 3.8) is 0 Å². The zero-order chi connectivity index (χ0) is 13.7. The van der Waals surface area contributed by atoms with E-state index in [9.17, 15) is 23.6 Å². The van der Waals surface area contributed by atoms with Crippen molar-refractivity contribution in [3.05, 3.63) is 26.8 Å². The minimum absolute atomic E-state index is 0.0664. The SMILES string of the molecule is NS(=O)(=O)c1c(Cl)cc(C2CC2)c([N+](=O)[O-])c1O. The molecule has 3 N–H and O–H groups in total. The molecule has 0 unspecified atom stereocenters. The van der Waals surface area contributed by atoms with Crippen LogP contribution in [-0.4, -0.2) is 18.4 Å². The number of aromatic hydroxyl groups is 1. The average molecular weight is 293 g/mol. The summed E-state index contributed by atoms with van der Waals surface area (Å²) in [7, 11) is -4.33. The molecule has 18 heavy (non-hydrogen) atoms. The van der Waals surface area contributed by atoms with Crippen molar-refractivity contribution in [1.29, 1.82) is 0 Å². The molecule has 0 bridgehead atoms. The first kappa shape index (κ1) is 13.1. The fourth-order valence-electron chi connectivity index (χ4n) is 1.80. The van der Waals surface area contributed by atoms with Crippen LogP contribution in [0.5, 0.6) is 5.75 Å². The fraction of sp³-hybridized carbons (Fsp3) is 0.333. The van der Waals surface area contributed by atoms with Crippen molar-refractivity contribution < 1.29 is 18.4 Å². The Hall–Kier alpha value is -1.38. The molecule has 0 aliphatic heterocycles. The van der Waals surface area contributed by atoms with Crippen molar-refractivity contribution in [2.45, 2.75) is 23.7 Å². The first-order valence-electron chi connectivity index (χ1n) is 4.96. The summed E-state index contributed by atoms with van der Waals surface area (Å²) in [5.74, 6) is -1.06. The molecule has 0 heterocycles. The molecule has 7 nitrogen and oxygen atoms in total. The van der Waals surface area contributed by atoms with Crippen molar-refractivity contribution in [2.24, 2.45) is 5.14 Å². The topological polar surface area (TPSA) is 124 Å². The molecule has 98 valence electrons. The zero-order valence-electron chi connectivity index (χ0n) is 8.96.